The first kappa shape index (κ1) is 13.1. The van der Waals surface area contributed by atoms with E-state index in [0.717, 1.165) is 37.1 Å². The van der Waals surface area contributed by atoms with Crippen molar-refractivity contribution in [1.29, 1.82) is 0 Å². The van der Waals surface area contributed by atoms with Gasteiger partial charge in [0.2, 0.25) is 0 Å². The molecule has 0 aromatic heterocycles. The van der Waals surface area contributed by atoms with E-state index in [9.17, 15) is 4.79 Å². The Balaban J connectivity index is 2.19. The van der Waals surface area contributed by atoms with Gasteiger partial charge >= 0.3 is 0 Å². The zero-order valence-corrected chi connectivity index (χ0v) is 11.2. The molecule has 0 amide bonds. The maximum atomic E-state index is 12.4. The summed E-state index contributed by atoms with van der Waals surface area (Å²) >= 11 is 0. The number of nitrogens with one attached hydrogen (secondary N) is 1. The van der Waals surface area contributed by atoms with Crippen molar-refractivity contribution >= 4 is 11.5 Å². The molecule has 0 spiro atoms. The summed E-state index contributed by atoms with van der Waals surface area (Å²) < 4.78 is 5.05. The Kier molecular flexibility index (Phi) is 4.37. The number of hydrogen-bond donors (Lipinski definition) is 1. The molecule has 0 fully saturated rings. The summed E-state index contributed by atoms with van der Waals surface area (Å²) in [6.45, 7) is 3.63. The number of benzene rings is 1. The first-order valence-electron chi connectivity index (χ1n) is 6.63. The molecule has 1 aromatic carbocycles. The first-order valence-corrected chi connectivity index (χ1v) is 6.63. The zero-order valence-electron chi connectivity index (χ0n) is 11.2. The number of fused-ring (bicyclic) bond motifs is 1. The number of carbonyl (C=O) groups is 1. The van der Waals surface area contributed by atoms with Crippen molar-refractivity contribution in [3.63, 3.8) is 0 Å². The lowest BCUT2D eigenvalue weighted by Crippen LogP contribution is -2.19. The van der Waals surface area contributed by atoms with Crippen molar-refractivity contribution in [2.45, 2.75) is 26.2 Å². The van der Waals surface area contributed by atoms with Crippen LogP contribution in [-0.4, -0.2) is 26.0 Å². The number of hydrogen-bond acceptors (Lipinski definition) is 3. The Bertz CT molecular complexity index is 429. The minimum absolute atomic E-state index is 0.0263. The summed E-state index contributed by atoms with van der Waals surface area (Å²) in [5, 5.41) is 3.36. The van der Waals surface area contributed by atoms with Gasteiger partial charge in [-0.1, -0.05) is 19.1 Å². The Morgan fingerprint density at radius 2 is 2.33 bits per heavy atom. The third kappa shape index (κ3) is 2.72. The highest BCUT2D eigenvalue weighted by atomic mass is 16.5. The summed E-state index contributed by atoms with van der Waals surface area (Å²) in [6, 6.07) is 5.98. The fraction of sp³-hybridized carbons (Fsp3) is 0.533. The third-order valence-corrected chi connectivity index (χ3v) is 3.56. The minimum atomic E-state index is 0.0263. The van der Waals surface area contributed by atoms with E-state index in [1.165, 1.54) is 5.56 Å². The average Bonchev–Trinajstić information content (AvgIpc) is 2.43. The molecule has 98 valence electrons. The molecule has 1 heterocycles. The molecule has 1 unspecified atom stereocenters. The minimum Gasteiger partial charge on any atom is -0.385 e. The predicted octanol–water partition coefficient (Wildman–Crippen LogP) is 2.90. The molecule has 1 aliphatic rings. The van der Waals surface area contributed by atoms with E-state index in [-0.39, 0.29) is 11.7 Å². The highest BCUT2D eigenvalue weighted by Gasteiger charge is 2.21. The van der Waals surface area contributed by atoms with Crippen molar-refractivity contribution in [2.75, 3.05) is 25.6 Å². The normalized spacial score (nSPS) is 15.7. The molecule has 0 aliphatic carbocycles. The second-order valence-electron chi connectivity index (χ2n) is 4.91. The summed E-state index contributed by atoms with van der Waals surface area (Å²) in [6.07, 6.45) is 2.89. The van der Waals surface area contributed by atoms with E-state index in [0.29, 0.717) is 6.61 Å². The zero-order chi connectivity index (χ0) is 13.0. The number of ether oxygens (including phenoxy) is 1. The number of rotatable bonds is 5. The van der Waals surface area contributed by atoms with Crippen LogP contribution in [0.5, 0.6) is 0 Å². The van der Waals surface area contributed by atoms with Crippen molar-refractivity contribution in [3.05, 3.63) is 29.3 Å². The van der Waals surface area contributed by atoms with Gasteiger partial charge in [-0.3, -0.25) is 4.79 Å². The van der Waals surface area contributed by atoms with Gasteiger partial charge in [-0.05, 0) is 30.9 Å². The quantitative estimate of drug-likeness (QED) is 0.813. The van der Waals surface area contributed by atoms with E-state index >= 15 is 0 Å². The van der Waals surface area contributed by atoms with Gasteiger partial charge in [-0.15, -0.1) is 0 Å². The maximum absolute atomic E-state index is 12.4. The Morgan fingerprint density at radius 1 is 1.50 bits per heavy atom. The topological polar surface area (TPSA) is 38.3 Å². The van der Waals surface area contributed by atoms with Crippen molar-refractivity contribution in [2.24, 2.45) is 5.92 Å². The Labute approximate surface area is 109 Å². The predicted molar refractivity (Wildman–Crippen MR) is 73.2 cm³/mol. The number of methoxy groups -OCH3 is 1. The summed E-state index contributed by atoms with van der Waals surface area (Å²) in [4.78, 5) is 12.4. The molecule has 1 aliphatic heterocycles. The number of ketones is 1. The van der Waals surface area contributed by atoms with E-state index < -0.39 is 0 Å². The third-order valence-electron chi connectivity index (χ3n) is 3.56. The summed E-state index contributed by atoms with van der Waals surface area (Å²) in [7, 11) is 1.67. The van der Waals surface area contributed by atoms with Crippen LogP contribution in [0.15, 0.2) is 18.2 Å². The number of Topliss-reactive ketones (excluding diaryl/α,β-unsaturated/α-hetero) is 1. The van der Waals surface area contributed by atoms with Crippen LogP contribution in [0.2, 0.25) is 0 Å². The van der Waals surface area contributed by atoms with Gasteiger partial charge in [0, 0.05) is 37.4 Å². The van der Waals surface area contributed by atoms with Gasteiger partial charge in [-0.2, -0.15) is 0 Å². The molecule has 3 nitrogen and oxygen atoms in total. The number of anilines is 1. The monoisotopic (exact) mass is 247 g/mol. The van der Waals surface area contributed by atoms with Crippen LogP contribution in [-0.2, 0) is 11.2 Å². The molecule has 0 radical (unpaired) electrons. The molecule has 1 N–H and O–H groups in total. The Morgan fingerprint density at radius 3 is 3.11 bits per heavy atom. The standard InChI is InChI=1S/C15H21NO2/c1-11(8-10-18-2)15(17)13-5-3-7-14-12(13)6-4-9-16-14/h3,5,7,11,16H,4,6,8-10H2,1-2H3. The lowest BCUT2D eigenvalue weighted by atomic mass is 9.89. The maximum Gasteiger partial charge on any atom is 0.166 e. The van der Waals surface area contributed by atoms with Crippen LogP contribution < -0.4 is 5.32 Å². The largest absolute Gasteiger partial charge is 0.385 e. The highest BCUT2D eigenvalue weighted by molar-refractivity contribution is 6.00. The van der Waals surface area contributed by atoms with Gasteiger partial charge in [0.15, 0.2) is 5.78 Å². The fourth-order valence-corrected chi connectivity index (χ4v) is 2.43. The fourth-order valence-electron chi connectivity index (χ4n) is 2.43. The van der Waals surface area contributed by atoms with Crippen LogP contribution >= 0.6 is 0 Å². The average molecular weight is 247 g/mol. The van der Waals surface area contributed by atoms with Gasteiger partial charge in [0.05, 0.1) is 0 Å². The second-order valence-corrected chi connectivity index (χ2v) is 4.91. The number of carbonyl (C=O) groups excluding carboxylic acids is 1. The lowest BCUT2D eigenvalue weighted by Gasteiger charge is -2.21. The van der Waals surface area contributed by atoms with E-state index in [1.54, 1.807) is 7.11 Å². The molecular weight excluding hydrogens is 226 g/mol. The molecular formula is C15H21NO2. The van der Waals surface area contributed by atoms with E-state index in [2.05, 4.69) is 11.4 Å². The first-order chi connectivity index (χ1) is 8.74. The van der Waals surface area contributed by atoms with Crippen molar-refractivity contribution in [1.82, 2.24) is 0 Å². The molecule has 0 saturated heterocycles. The van der Waals surface area contributed by atoms with E-state index in [4.69, 9.17) is 4.74 Å². The van der Waals surface area contributed by atoms with Gasteiger partial charge in [0.25, 0.3) is 0 Å². The molecule has 1 atom stereocenters. The summed E-state index contributed by atoms with van der Waals surface area (Å²) in [5.41, 5.74) is 3.22. The molecule has 0 bridgehead atoms. The molecule has 1 aromatic rings. The molecule has 18 heavy (non-hydrogen) atoms. The van der Waals surface area contributed by atoms with E-state index in [1.807, 2.05) is 19.1 Å². The van der Waals surface area contributed by atoms with Gasteiger partial charge < -0.3 is 10.1 Å². The molecule has 3 heteroatoms. The van der Waals surface area contributed by atoms with Crippen LogP contribution in [0, 0.1) is 5.92 Å². The van der Waals surface area contributed by atoms with Gasteiger partial charge in [-0.25, -0.2) is 0 Å². The van der Waals surface area contributed by atoms with Crippen LogP contribution in [0.4, 0.5) is 5.69 Å². The highest BCUT2D eigenvalue weighted by Crippen LogP contribution is 2.27. The molecule has 0 saturated carbocycles. The lowest BCUT2D eigenvalue weighted by molar-refractivity contribution is 0.0892. The SMILES string of the molecule is COCCC(C)C(=O)c1cccc2c1CCCN2. The smallest absolute Gasteiger partial charge is 0.166 e. The van der Waals surface area contributed by atoms with Crippen molar-refractivity contribution in [3.8, 4) is 0 Å². The van der Waals surface area contributed by atoms with Crippen LogP contribution in [0.3, 0.4) is 0 Å². The van der Waals surface area contributed by atoms with Crippen molar-refractivity contribution < 1.29 is 9.53 Å². The van der Waals surface area contributed by atoms with Crippen LogP contribution in [0.25, 0.3) is 0 Å². The second kappa shape index (κ2) is 6.01. The summed E-state index contributed by atoms with van der Waals surface area (Å²) in [5.74, 6) is 0.269. The Hall–Kier alpha value is -1.35. The molecule has 2 rings (SSSR count). The van der Waals surface area contributed by atoms with Crippen LogP contribution in [0.1, 0.15) is 35.7 Å². The van der Waals surface area contributed by atoms with Gasteiger partial charge in [0.1, 0.15) is 0 Å².